The molecule has 0 spiro atoms. The van der Waals surface area contributed by atoms with E-state index in [1.54, 1.807) is 24.4 Å². The predicted molar refractivity (Wildman–Crippen MR) is 127 cm³/mol. The maximum Gasteiger partial charge on any atom is 0.416 e. The number of hydrogen-bond donors (Lipinski definition) is 0. The van der Waals surface area contributed by atoms with Gasteiger partial charge >= 0.3 is 6.18 Å². The van der Waals surface area contributed by atoms with Crippen molar-refractivity contribution >= 4 is 15.7 Å². The van der Waals surface area contributed by atoms with Crippen molar-refractivity contribution in [3.8, 4) is 28.1 Å². The fourth-order valence-corrected chi connectivity index (χ4v) is 5.53. The van der Waals surface area contributed by atoms with Gasteiger partial charge in [0.05, 0.1) is 28.4 Å². The van der Waals surface area contributed by atoms with Crippen LogP contribution in [-0.4, -0.2) is 26.6 Å². The second-order valence-corrected chi connectivity index (χ2v) is 9.76. The first kappa shape index (κ1) is 22.9. The van der Waals surface area contributed by atoms with Crippen LogP contribution in [0.4, 0.5) is 18.9 Å². The van der Waals surface area contributed by atoms with Gasteiger partial charge in [0.25, 0.3) is 10.0 Å². The highest BCUT2D eigenvalue weighted by atomic mass is 32.2. The normalized spacial score (nSPS) is 13.7. The molecule has 5 rings (SSSR count). The molecule has 0 amide bonds. The van der Waals surface area contributed by atoms with Crippen molar-refractivity contribution < 1.29 is 26.3 Å². The average Bonchev–Trinajstić information content (AvgIpc) is 2.88. The topological polar surface area (TPSA) is 59.5 Å². The summed E-state index contributed by atoms with van der Waals surface area (Å²) in [5.41, 5.74) is 2.33. The van der Waals surface area contributed by atoms with Crippen molar-refractivity contribution in [1.82, 2.24) is 4.98 Å². The number of nitrogens with zero attached hydrogens (tertiary/aromatic N) is 2. The second kappa shape index (κ2) is 8.74. The van der Waals surface area contributed by atoms with Crippen LogP contribution in [0.3, 0.4) is 0 Å². The van der Waals surface area contributed by atoms with E-state index >= 15 is 0 Å². The lowest BCUT2D eigenvalue weighted by atomic mass is 9.98. The van der Waals surface area contributed by atoms with Crippen molar-refractivity contribution in [3.63, 3.8) is 0 Å². The number of rotatable bonds is 4. The zero-order valence-corrected chi connectivity index (χ0v) is 19.1. The zero-order chi connectivity index (χ0) is 24.6. The molecule has 1 aromatic heterocycles. The van der Waals surface area contributed by atoms with Crippen LogP contribution in [0.2, 0.25) is 0 Å². The molecule has 35 heavy (non-hydrogen) atoms. The maximum atomic E-state index is 13.5. The fourth-order valence-electron chi connectivity index (χ4n) is 4.03. The molecule has 0 atom stereocenters. The van der Waals surface area contributed by atoms with E-state index in [1.807, 2.05) is 42.5 Å². The standard InChI is InChI=1S/C26H19F3N2O3S/c27-26(28,29)20-8-4-9-21(17-20)35(32,33)31-14-15-34-24-12-11-19(16-23(24)31)22-10-5-13-30-25(22)18-6-2-1-3-7-18/h1-13,16-17H,14-15H2. The smallest absolute Gasteiger partial charge is 0.416 e. The van der Waals surface area contributed by atoms with Gasteiger partial charge in [0.15, 0.2) is 0 Å². The number of benzene rings is 3. The summed E-state index contributed by atoms with van der Waals surface area (Å²) in [5.74, 6) is 0.334. The molecule has 0 aliphatic carbocycles. The van der Waals surface area contributed by atoms with Crippen molar-refractivity contribution in [1.29, 1.82) is 0 Å². The van der Waals surface area contributed by atoms with Crippen molar-refractivity contribution in [2.24, 2.45) is 0 Å². The minimum absolute atomic E-state index is 0.0341. The molecule has 3 aromatic carbocycles. The van der Waals surface area contributed by atoms with Crippen LogP contribution in [0.1, 0.15) is 5.56 Å². The molecule has 5 nitrogen and oxygen atoms in total. The number of sulfonamides is 1. The lowest BCUT2D eigenvalue weighted by molar-refractivity contribution is -0.137. The average molecular weight is 497 g/mol. The van der Waals surface area contributed by atoms with E-state index in [0.29, 0.717) is 17.4 Å². The number of pyridine rings is 1. The van der Waals surface area contributed by atoms with Crippen molar-refractivity contribution in [3.05, 3.63) is 96.7 Å². The van der Waals surface area contributed by atoms with Gasteiger partial charge in [-0.15, -0.1) is 0 Å². The fraction of sp³-hybridized carbons (Fsp3) is 0.115. The summed E-state index contributed by atoms with van der Waals surface area (Å²) >= 11 is 0. The summed E-state index contributed by atoms with van der Waals surface area (Å²) in [6.45, 7) is 0.0420. The van der Waals surface area contributed by atoms with Gasteiger partial charge in [-0.1, -0.05) is 48.5 Å². The Bertz CT molecular complexity index is 1490. The molecule has 0 radical (unpaired) electrons. The highest BCUT2D eigenvalue weighted by molar-refractivity contribution is 7.92. The van der Waals surface area contributed by atoms with E-state index in [-0.39, 0.29) is 18.8 Å². The SMILES string of the molecule is O=S(=O)(c1cccc(C(F)(F)F)c1)N1CCOc2ccc(-c3cccnc3-c3ccccc3)cc21. The molecular formula is C26H19F3N2O3S. The summed E-state index contributed by atoms with van der Waals surface area (Å²) in [4.78, 5) is 4.08. The molecular weight excluding hydrogens is 477 g/mol. The first-order chi connectivity index (χ1) is 16.7. The largest absolute Gasteiger partial charge is 0.489 e. The van der Waals surface area contributed by atoms with Crippen LogP contribution in [0.25, 0.3) is 22.4 Å². The van der Waals surface area contributed by atoms with E-state index in [2.05, 4.69) is 4.98 Å². The quantitative estimate of drug-likeness (QED) is 0.347. The summed E-state index contributed by atoms with van der Waals surface area (Å²) in [6, 6.07) is 22.1. The molecule has 0 bridgehead atoms. The number of anilines is 1. The van der Waals surface area contributed by atoms with Gasteiger partial charge in [0.2, 0.25) is 0 Å². The van der Waals surface area contributed by atoms with Crippen LogP contribution in [0.5, 0.6) is 5.75 Å². The number of halogens is 3. The number of fused-ring (bicyclic) bond motifs is 1. The number of ether oxygens (including phenoxy) is 1. The molecule has 0 saturated carbocycles. The van der Waals surface area contributed by atoms with Gasteiger partial charge in [-0.3, -0.25) is 9.29 Å². The Morgan fingerprint density at radius 3 is 2.43 bits per heavy atom. The van der Waals surface area contributed by atoms with Gasteiger partial charge in [0.1, 0.15) is 12.4 Å². The Labute approximate surface area is 200 Å². The van der Waals surface area contributed by atoms with Crippen molar-refractivity contribution in [2.75, 3.05) is 17.5 Å². The van der Waals surface area contributed by atoms with E-state index in [0.717, 1.165) is 39.3 Å². The molecule has 9 heteroatoms. The molecule has 4 aromatic rings. The third-order valence-electron chi connectivity index (χ3n) is 5.69. The molecule has 0 saturated heterocycles. The van der Waals surface area contributed by atoms with Crippen LogP contribution in [0, 0.1) is 0 Å². The minimum Gasteiger partial charge on any atom is -0.489 e. The lowest BCUT2D eigenvalue weighted by Gasteiger charge is -2.31. The van der Waals surface area contributed by atoms with E-state index in [4.69, 9.17) is 4.74 Å². The second-order valence-electron chi connectivity index (χ2n) is 7.90. The number of aromatic nitrogens is 1. The molecule has 1 aliphatic rings. The molecule has 2 heterocycles. The Morgan fingerprint density at radius 1 is 0.857 bits per heavy atom. The zero-order valence-electron chi connectivity index (χ0n) is 18.2. The molecule has 0 unspecified atom stereocenters. The minimum atomic E-state index is -4.66. The van der Waals surface area contributed by atoms with Gasteiger partial charge in [-0.25, -0.2) is 8.42 Å². The van der Waals surface area contributed by atoms with Crippen LogP contribution < -0.4 is 9.04 Å². The molecule has 0 fully saturated rings. The monoisotopic (exact) mass is 496 g/mol. The maximum absolute atomic E-state index is 13.5. The predicted octanol–water partition coefficient (Wildman–Crippen LogP) is 6.02. The number of hydrogen-bond acceptors (Lipinski definition) is 4. The van der Waals surface area contributed by atoms with Crippen LogP contribution in [-0.2, 0) is 16.2 Å². The van der Waals surface area contributed by atoms with E-state index in [9.17, 15) is 21.6 Å². The summed E-state index contributed by atoms with van der Waals surface area (Å²) in [5, 5.41) is 0. The Hall–Kier alpha value is -3.85. The molecule has 178 valence electrons. The third kappa shape index (κ3) is 4.35. The van der Waals surface area contributed by atoms with Crippen molar-refractivity contribution in [2.45, 2.75) is 11.1 Å². The molecule has 1 aliphatic heterocycles. The Kier molecular flexibility index (Phi) is 5.72. The van der Waals surface area contributed by atoms with E-state index in [1.165, 1.54) is 0 Å². The van der Waals surface area contributed by atoms with Gasteiger partial charge in [-0.05, 0) is 42.0 Å². The highest BCUT2D eigenvalue weighted by Gasteiger charge is 2.35. The van der Waals surface area contributed by atoms with Crippen LogP contribution in [0.15, 0.2) is 96.0 Å². The highest BCUT2D eigenvalue weighted by Crippen LogP contribution is 2.41. The Morgan fingerprint density at radius 2 is 1.66 bits per heavy atom. The summed E-state index contributed by atoms with van der Waals surface area (Å²) in [7, 11) is -4.28. The van der Waals surface area contributed by atoms with Gasteiger partial charge in [0, 0.05) is 17.3 Å². The van der Waals surface area contributed by atoms with Gasteiger partial charge in [-0.2, -0.15) is 13.2 Å². The summed E-state index contributed by atoms with van der Waals surface area (Å²) < 4.78 is 73.3. The third-order valence-corrected chi connectivity index (χ3v) is 7.50. The molecule has 0 N–H and O–H groups in total. The lowest BCUT2D eigenvalue weighted by Crippen LogP contribution is -2.38. The Balaban J connectivity index is 1.60. The van der Waals surface area contributed by atoms with E-state index < -0.39 is 26.7 Å². The number of alkyl halides is 3. The first-order valence-electron chi connectivity index (χ1n) is 10.7. The summed E-state index contributed by atoms with van der Waals surface area (Å²) in [6.07, 6.45) is -2.98. The first-order valence-corrected chi connectivity index (χ1v) is 12.2. The van der Waals surface area contributed by atoms with Crippen LogP contribution >= 0.6 is 0 Å². The van der Waals surface area contributed by atoms with Gasteiger partial charge < -0.3 is 4.74 Å².